The number of hydrogen-bond donors (Lipinski definition) is 0. The standard InChI is InChI=1S/C15H14N4O2/c1-10-7-14-15(8-11(10)2)18(17-16-14)9-12-3-5-13(6-4-12)19(20)21/h3-8H,9H2,1-2H3. The van der Waals surface area contributed by atoms with Crippen LogP contribution in [0, 0.1) is 24.0 Å². The number of aryl methyl sites for hydroxylation is 2. The summed E-state index contributed by atoms with van der Waals surface area (Å²) in [5, 5.41) is 19.0. The highest BCUT2D eigenvalue weighted by atomic mass is 16.6. The minimum atomic E-state index is -0.402. The average Bonchev–Trinajstić information content (AvgIpc) is 2.82. The van der Waals surface area contributed by atoms with Crippen LogP contribution in [0.5, 0.6) is 0 Å². The molecule has 3 aromatic rings. The first kappa shape index (κ1) is 13.2. The van der Waals surface area contributed by atoms with Crippen LogP contribution >= 0.6 is 0 Å². The van der Waals surface area contributed by atoms with Gasteiger partial charge in [-0.2, -0.15) is 0 Å². The molecule has 0 radical (unpaired) electrons. The molecule has 2 aromatic carbocycles. The summed E-state index contributed by atoms with van der Waals surface area (Å²) in [7, 11) is 0. The predicted octanol–water partition coefficient (Wildman–Crippen LogP) is 3.00. The predicted molar refractivity (Wildman–Crippen MR) is 79.2 cm³/mol. The molecule has 0 fully saturated rings. The highest BCUT2D eigenvalue weighted by Crippen LogP contribution is 2.19. The topological polar surface area (TPSA) is 73.8 Å². The van der Waals surface area contributed by atoms with Crippen molar-refractivity contribution in [1.29, 1.82) is 0 Å². The Morgan fingerprint density at radius 2 is 1.81 bits per heavy atom. The fourth-order valence-corrected chi connectivity index (χ4v) is 2.24. The third-order valence-electron chi connectivity index (χ3n) is 3.61. The monoisotopic (exact) mass is 282 g/mol. The second-order valence-corrected chi connectivity index (χ2v) is 5.10. The van der Waals surface area contributed by atoms with Gasteiger partial charge in [0.25, 0.3) is 5.69 Å². The van der Waals surface area contributed by atoms with Gasteiger partial charge >= 0.3 is 0 Å². The number of rotatable bonds is 3. The SMILES string of the molecule is Cc1cc2nnn(Cc3ccc([N+](=O)[O-])cc3)c2cc1C. The third kappa shape index (κ3) is 2.47. The Kier molecular flexibility index (Phi) is 3.13. The lowest BCUT2D eigenvalue weighted by Crippen LogP contribution is -2.02. The number of aromatic nitrogens is 3. The van der Waals surface area contributed by atoms with Crippen LogP contribution in [-0.4, -0.2) is 19.9 Å². The number of non-ortho nitro benzene ring substituents is 1. The summed E-state index contributed by atoms with van der Waals surface area (Å²) in [4.78, 5) is 10.2. The Labute approximate surface area is 121 Å². The third-order valence-corrected chi connectivity index (χ3v) is 3.61. The molecule has 0 bridgehead atoms. The van der Waals surface area contributed by atoms with Crippen LogP contribution in [0.1, 0.15) is 16.7 Å². The molecule has 0 atom stereocenters. The van der Waals surface area contributed by atoms with E-state index in [1.807, 2.05) is 17.7 Å². The van der Waals surface area contributed by atoms with Crippen LogP contribution in [0.15, 0.2) is 36.4 Å². The molecule has 21 heavy (non-hydrogen) atoms. The van der Waals surface area contributed by atoms with Crippen LogP contribution < -0.4 is 0 Å². The zero-order chi connectivity index (χ0) is 15.0. The van der Waals surface area contributed by atoms with E-state index in [0.717, 1.165) is 16.6 Å². The normalized spacial score (nSPS) is 11.0. The van der Waals surface area contributed by atoms with Gasteiger partial charge in [-0.25, -0.2) is 4.68 Å². The van der Waals surface area contributed by atoms with Gasteiger partial charge in [-0.15, -0.1) is 5.10 Å². The number of fused-ring (bicyclic) bond motifs is 1. The second kappa shape index (κ2) is 4.97. The van der Waals surface area contributed by atoms with Crippen molar-refractivity contribution in [2.75, 3.05) is 0 Å². The number of hydrogen-bond acceptors (Lipinski definition) is 4. The minimum absolute atomic E-state index is 0.0914. The van der Waals surface area contributed by atoms with Crippen LogP contribution in [0.2, 0.25) is 0 Å². The first-order valence-electron chi connectivity index (χ1n) is 6.58. The Hall–Kier alpha value is -2.76. The lowest BCUT2D eigenvalue weighted by atomic mass is 10.1. The molecule has 3 rings (SSSR count). The number of nitro groups is 1. The van der Waals surface area contributed by atoms with Crippen LogP contribution in [-0.2, 0) is 6.54 Å². The smallest absolute Gasteiger partial charge is 0.258 e. The molecule has 106 valence electrons. The lowest BCUT2D eigenvalue weighted by Gasteiger charge is -2.04. The highest BCUT2D eigenvalue weighted by molar-refractivity contribution is 5.76. The maximum Gasteiger partial charge on any atom is 0.269 e. The number of nitrogens with zero attached hydrogens (tertiary/aromatic N) is 4. The fraction of sp³-hybridized carbons (Fsp3) is 0.200. The Morgan fingerprint density at radius 1 is 1.14 bits per heavy atom. The Morgan fingerprint density at radius 3 is 2.48 bits per heavy atom. The van der Waals surface area contributed by atoms with Crippen molar-refractivity contribution in [3.8, 4) is 0 Å². The van der Waals surface area contributed by atoms with E-state index in [1.165, 1.54) is 23.3 Å². The van der Waals surface area contributed by atoms with E-state index in [2.05, 4.69) is 23.3 Å². The molecule has 6 nitrogen and oxygen atoms in total. The molecular formula is C15H14N4O2. The Bertz CT molecular complexity index is 822. The van der Waals surface area contributed by atoms with Crippen molar-refractivity contribution in [1.82, 2.24) is 15.0 Å². The fourth-order valence-electron chi connectivity index (χ4n) is 2.24. The van der Waals surface area contributed by atoms with Crippen molar-refractivity contribution in [3.05, 3.63) is 63.2 Å². The zero-order valence-corrected chi connectivity index (χ0v) is 11.8. The molecule has 1 aromatic heterocycles. The molecule has 0 amide bonds. The van der Waals surface area contributed by atoms with E-state index in [9.17, 15) is 10.1 Å². The molecule has 0 aliphatic rings. The molecule has 0 spiro atoms. The van der Waals surface area contributed by atoms with E-state index in [4.69, 9.17) is 0 Å². The van der Waals surface area contributed by atoms with E-state index in [0.29, 0.717) is 6.54 Å². The largest absolute Gasteiger partial charge is 0.269 e. The van der Waals surface area contributed by atoms with E-state index < -0.39 is 4.92 Å². The second-order valence-electron chi connectivity index (χ2n) is 5.10. The van der Waals surface area contributed by atoms with Crippen LogP contribution in [0.3, 0.4) is 0 Å². The van der Waals surface area contributed by atoms with Gasteiger partial charge in [0, 0.05) is 12.1 Å². The van der Waals surface area contributed by atoms with Gasteiger partial charge in [-0.3, -0.25) is 10.1 Å². The summed E-state index contributed by atoms with van der Waals surface area (Å²) >= 11 is 0. The molecule has 0 N–H and O–H groups in total. The average molecular weight is 282 g/mol. The number of benzene rings is 2. The summed E-state index contributed by atoms with van der Waals surface area (Å²) in [6.45, 7) is 4.64. The molecule has 0 aliphatic carbocycles. The van der Waals surface area contributed by atoms with Gasteiger partial charge in [-0.05, 0) is 42.7 Å². The van der Waals surface area contributed by atoms with Gasteiger partial charge in [0.1, 0.15) is 5.52 Å². The van der Waals surface area contributed by atoms with Crippen LogP contribution in [0.25, 0.3) is 11.0 Å². The van der Waals surface area contributed by atoms with Crippen molar-refractivity contribution >= 4 is 16.7 Å². The first-order valence-corrected chi connectivity index (χ1v) is 6.58. The molecule has 0 aliphatic heterocycles. The van der Waals surface area contributed by atoms with Gasteiger partial charge in [0.05, 0.1) is 17.0 Å². The van der Waals surface area contributed by atoms with Crippen molar-refractivity contribution in [2.45, 2.75) is 20.4 Å². The summed E-state index contributed by atoms with van der Waals surface area (Å²) in [6, 6.07) is 10.6. The maximum atomic E-state index is 10.7. The van der Waals surface area contributed by atoms with Crippen molar-refractivity contribution < 1.29 is 4.92 Å². The molecular weight excluding hydrogens is 268 g/mol. The van der Waals surface area contributed by atoms with Gasteiger partial charge in [-0.1, -0.05) is 17.3 Å². The summed E-state index contributed by atoms with van der Waals surface area (Å²) in [5.74, 6) is 0. The molecule has 0 unspecified atom stereocenters. The van der Waals surface area contributed by atoms with E-state index >= 15 is 0 Å². The zero-order valence-electron chi connectivity index (χ0n) is 11.8. The minimum Gasteiger partial charge on any atom is -0.258 e. The Balaban J connectivity index is 1.94. The summed E-state index contributed by atoms with van der Waals surface area (Å²) in [6.07, 6.45) is 0. The molecule has 0 saturated carbocycles. The van der Waals surface area contributed by atoms with E-state index in [1.54, 1.807) is 12.1 Å². The van der Waals surface area contributed by atoms with Crippen molar-refractivity contribution in [3.63, 3.8) is 0 Å². The van der Waals surface area contributed by atoms with Crippen LogP contribution in [0.4, 0.5) is 5.69 Å². The number of nitro benzene ring substituents is 1. The highest BCUT2D eigenvalue weighted by Gasteiger charge is 2.08. The molecule has 1 heterocycles. The van der Waals surface area contributed by atoms with Crippen molar-refractivity contribution in [2.24, 2.45) is 0 Å². The van der Waals surface area contributed by atoms with Gasteiger partial charge in [0.2, 0.25) is 0 Å². The summed E-state index contributed by atoms with van der Waals surface area (Å²) < 4.78 is 1.81. The van der Waals surface area contributed by atoms with Gasteiger partial charge < -0.3 is 0 Å². The van der Waals surface area contributed by atoms with E-state index in [-0.39, 0.29) is 5.69 Å². The first-order chi connectivity index (χ1) is 10.0. The lowest BCUT2D eigenvalue weighted by molar-refractivity contribution is -0.384. The van der Waals surface area contributed by atoms with Gasteiger partial charge in [0.15, 0.2) is 0 Å². The quantitative estimate of drug-likeness (QED) is 0.546. The molecule has 0 saturated heterocycles. The maximum absolute atomic E-state index is 10.7. The summed E-state index contributed by atoms with van der Waals surface area (Å²) in [5.41, 5.74) is 5.25. The molecule has 6 heteroatoms.